The fourth-order valence-corrected chi connectivity index (χ4v) is 1.30. The summed E-state index contributed by atoms with van der Waals surface area (Å²) in [5.74, 6) is -2.32. The van der Waals surface area contributed by atoms with Crippen LogP contribution in [-0.2, 0) is 14.4 Å². The first-order valence-corrected chi connectivity index (χ1v) is 4.45. The Balaban J connectivity index is 3.75. The quantitative estimate of drug-likeness (QED) is 0.463. The van der Waals surface area contributed by atoms with Crippen LogP contribution in [0, 0.1) is 0 Å². The van der Waals surface area contributed by atoms with Crippen LogP contribution in [0.2, 0.25) is 0 Å². The van der Waals surface area contributed by atoms with Gasteiger partial charge in [0, 0.05) is 5.75 Å². The lowest BCUT2D eigenvalue weighted by Gasteiger charge is -2.08. The van der Waals surface area contributed by atoms with E-state index in [2.05, 4.69) is 5.32 Å². The van der Waals surface area contributed by atoms with Gasteiger partial charge in [-0.15, -0.1) is 11.8 Å². The summed E-state index contributed by atoms with van der Waals surface area (Å²) in [6, 6.07) is -1.03. The number of nitrogens with one attached hydrogen (secondary N) is 1. The molecule has 13 heavy (non-hydrogen) atoms. The van der Waals surface area contributed by atoms with Crippen LogP contribution in [0.1, 0.15) is 0 Å². The Morgan fingerprint density at radius 3 is 2.46 bits per heavy atom. The van der Waals surface area contributed by atoms with Gasteiger partial charge in [0.25, 0.3) is 0 Å². The van der Waals surface area contributed by atoms with Gasteiger partial charge in [-0.05, 0) is 0 Å². The van der Waals surface area contributed by atoms with E-state index in [1.165, 1.54) is 0 Å². The number of amides is 1. The molecule has 0 aliphatic heterocycles. The second-order valence-electron chi connectivity index (χ2n) is 2.08. The van der Waals surface area contributed by atoms with Gasteiger partial charge < -0.3 is 15.5 Å². The molecule has 0 saturated carbocycles. The van der Waals surface area contributed by atoms with Gasteiger partial charge in [-0.25, -0.2) is 4.79 Å². The second-order valence-corrected chi connectivity index (χ2v) is 3.11. The third kappa shape index (κ3) is 5.97. The van der Waals surface area contributed by atoms with Crippen molar-refractivity contribution in [1.82, 2.24) is 5.32 Å². The number of carboxylic acids is 2. The predicted molar refractivity (Wildman–Crippen MR) is 45.6 cm³/mol. The highest BCUT2D eigenvalue weighted by Crippen LogP contribution is 2.02. The minimum absolute atomic E-state index is 0.0420. The number of carbonyl (C=O) groups excluding carboxylic acids is 1. The molecule has 0 bridgehead atoms. The van der Waals surface area contributed by atoms with Crippen molar-refractivity contribution in [2.75, 3.05) is 11.5 Å². The van der Waals surface area contributed by atoms with E-state index in [0.717, 1.165) is 11.8 Å². The highest BCUT2D eigenvalue weighted by Gasteiger charge is 2.16. The first-order chi connectivity index (χ1) is 6.07. The van der Waals surface area contributed by atoms with E-state index in [9.17, 15) is 14.4 Å². The average Bonchev–Trinajstić information content (AvgIpc) is 2.02. The van der Waals surface area contributed by atoms with Crippen molar-refractivity contribution in [3.8, 4) is 0 Å². The van der Waals surface area contributed by atoms with Gasteiger partial charge in [0.15, 0.2) is 0 Å². The highest BCUT2D eigenvalue weighted by molar-refractivity contribution is 8.00. The second kappa shape index (κ2) is 6.30. The zero-order valence-corrected chi connectivity index (χ0v) is 7.41. The summed E-state index contributed by atoms with van der Waals surface area (Å²) in [5, 5.41) is 18.8. The maximum absolute atomic E-state index is 10.4. The summed E-state index contributed by atoms with van der Waals surface area (Å²) >= 11 is 0.936. The van der Waals surface area contributed by atoms with Gasteiger partial charge >= 0.3 is 11.9 Å². The van der Waals surface area contributed by atoms with E-state index in [4.69, 9.17) is 10.2 Å². The van der Waals surface area contributed by atoms with Crippen LogP contribution >= 0.6 is 11.8 Å². The SMILES string of the molecule is O=CNC(CSCC(=O)O)C(=O)O. The monoisotopic (exact) mass is 207 g/mol. The number of hydrogen-bond acceptors (Lipinski definition) is 4. The average molecular weight is 207 g/mol. The van der Waals surface area contributed by atoms with Crippen LogP contribution in [0.5, 0.6) is 0 Å². The smallest absolute Gasteiger partial charge is 0.327 e. The number of rotatable bonds is 7. The van der Waals surface area contributed by atoms with Crippen LogP contribution in [0.15, 0.2) is 0 Å². The molecule has 0 saturated heterocycles. The third-order valence-electron chi connectivity index (χ3n) is 1.08. The molecule has 74 valence electrons. The van der Waals surface area contributed by atoms with Crippen molar-refractivity contribution in [3.63, 3.8) is 0 Å². The molecule has 0 heterocycles. The molecule has 1 unspecified atom stereocenters. The first-order valence-electron chi connectivity index (χ1n) is 3.30. The Bertz CT molecular complexity index is 207. The Labute approximate surface area is 78.3 Å². The van der Waals surface area contributed by atoms with Crippen molar-refractivity contribution in [2.45, 2.75) is 6.04 Å². The maximum Gasteiger partial charge on any atom is 0.327 e. The van der Waals surface area contributed by atoms with Gasteiger partial charge in [-0.1, -0.05) is 0 Å². The van der Waals surface area contributed by atoms with Crippen LogP contribution < -0.4 is 5.32 Å². The summed E-state index contributed by atoms with van der Waals surface area (Å²) in [6.45, 7) is 0. The van der Waals surface area contributed by atoms with Crippen LogP contribution in [-0.4, -0.2) is 46.1 Å². The normalized spacial score (nSPS) is 11.7. The van der Waals surface area contributed by atoms with Crippen molar-refractivity contribution < 1.29 is 24.6 Å². The van der Waals surface area contributed by atoms with E-state index < -0.39 is 18.0 Å². The molecule has 0 radical (unpaired) electrons. The summed E-state index contributed by atoms with van der Waals surface area (Å²) in [5.41, 5.74) is 0. The van der Waals surface area contributed by atoms with E-state index in [1.54, 1.807) is 0 Å². The van der Waals surface area contributed by atoms with Gasteiger partial charge in [0.2, 0.25) is 6.41 Å². The minimum Gasteiger partial charge on any atom is -0.481 e. The topological polar surface area (TPSA) is 104 Å². The van der Waals surface area contributed by atoms with Gasteiger partial charge in [0.05, 0.1) is 5.75 Å². The fraction of sp³-hybridized carbons (Fsp3) is 0.500. The van der Waals surface area contributed by atoms with E-state index in [1.807, 2.05) is 0 Å². The Morgan fingerprint density at radius 1 is 1.46 bits per heavy atom. The standard InChI is InChI=1S/C6H9NO5S/c8-3-7-4(6(11)12)1-13-2-5(9)10/h3-4H,1-2H2,(H,7,8)(H,9,10)(H,11,12). The van der Waals surface area contributed by atoms with E-state index >= 15 is 0 Å². The van der Waals surface area contributed by atoms with Gasteiger partial charge in [-0.2, -0.15) is 0 Å². The third-order valence-corrected chi connectivity index (χ3v) is 2.10. The molecular formula is C6H9NO5S. The number of carboxylic acid groups (broad SMARTS) is 2. The molecule has 1 atom stereocenters. The first kappa shape index (κ1) is 11.8. The number of thioether (sulfide) groups is 1. The molecule has 0 aromatic carbocycles. The Hall–Kier alpha value is -1.24. The van der Waals surface area contributed by atoms with Crippen LogP contribution in [0.3, 0.4) is 0 Å². The highest BCUT2D eigenvalue weighted by atomic mass is 32.2. The lowest BCUT2D eigenvalue weighted by molar-refractivity contribution is -0.140. The molecule has 7 heteroatoms. The summed E-state index contributed by atoms with van der Waals surface area (Å²) in [4.78, 5) is 30.4. The molecule has 0 aromatic rings. The number of hydrogen-bond donors (Lipinski definition) is 3. The molecule has 6 nitrogen and oxygen atoms in total. The Morgan fingerprint density at radius 2 is 2.08 bits per heavy atom. The van der Waals surface area contributed by atoms with Crippen molar-refractivity contribution >= 4 is 30.1 Å². The van der Waals surface area contributed by atoms with Gasteiger partial charge in [-0.3, -0.25) is 9.59 Å². The number of aliphatic carboxylic acids is 2. The van der Waals surface area contributed by atoms with Crippen molar-refractivity contribution in [2.24, 2.45) is 0 Å². The molecule has 3 N–H and O–H groups in total. The van der Waals surface area contributed by atoms with Crippen LogP contribution in [0.25, 0.3) is 0 Å². The molecular weight excluding hydrogens is 198 g/mol. The van der Waals surface area contributed by atoms with Crippen molar-refractivity contribution in [3.05, 3.63) is 0 Å². The molecule has 0 spiro atoms. The van der Waals surface area contributed by atoms with Crippen LogP contribution in [0.4, 0.5) is 0 Å². The zero-order valence-electron chi connectivity index (χ0n) is 6.60. The van der Waals surface area contributed by atoms with Gasteiger partial charge in [0.1, 0.15) is 6.04 Å². The molecule has 0 rings (SSSR count). The molecule has 0 aromatic heterocycles. The van der Waals surface area contributed by atoms with E-state index in [0.29, 0.717) is 0 Å². The fourth-order valence-electron chi connectivity index (χ4n) is 0.537. The lowest BCUT2D eigenvalue weighted by Crippen LogP contribution is -2.38. The largest absolute Gasteiger partial charge is 0.481 e. The zero-order chi connectivity index (χ0) is 10.3. The maximum atomic E-state index is 10.4. The summed E-state index contributed by atoms with van der Waals surface area (Å²) in [6.07, 6.45) is 0.278. The molecule has 0 aliphatic carbocycles. The van der Waals surface area contributed by atoms with Crippen molar-refractivity contribution in [1.29, 1.82) is 0 Å². The molecule has 0 aliphatic rings. The van der Waals surface area contributed by atoms with E-state index in [-0.39, 0.29) is 17.9 Å². The predicted octanol–water partition coefficient (Wildman–Crippen LogP) is -0.997. The lowest BCUT2D eigenvalue weighted by atomic mass is 10.3. The summed E-state index contributed by atoms with van der Waals surface area (Å²) in [7, 11) is 0. The summed E-state index contributed by atoms with van der Waals surface area (Å²) < 4.78 is 0. The minimum atomic E-state index is -1.18. The molecule has 0 fully saturated rings. The molecule has 1 amide bonds. The number of carbonyl (C=O) groups is 3. The Kier molecular flexibility index (Phi) is 5.69.